The third-order valence-electron chi connectivity index (χ3n) is 3.52. The molecule has 6 nitrogen and oxygen atoms in total. The molecule has 2 aromatic heterocycles. The monoisotopic (exact) mass is 408 g/mol. The lowest BCUT2D eigenvalue weighted by Gasteiger charge is -2.04. The minimum atomic E-state index is -0.359. The maximum absolute atomic E-state index is 11.5. The van der Waals surface area contributed by atoms with Crippen LogP contribution in [0.5, 0.6) is 0 Å². The van der Waals surface area contributed by atoms with Crippen molar-refractivity contribution in [3.63, 3.8) is 0 Å². The topological polar surface area (TPSA) is 83.0 Å². The van der Waals surface area contributed by atoms with Crippen LogP contribution >= 0.6 is 22.6 Å². The molecular formula is C15H13IN4O2. The third-order valence-corrected chi connectivity index (χ3v) is 4.78. The minimum absolute atomic E-state index is 0.359. The number of nitrogen functional groups attached to an aromatic ring is 1. The number of aromatic nitrogens is 3. The van der Waals surface area contributed by atoms with Crippen LogP contribution in [0.25, 0.3) is 22.2 Å². The molecule has 0 saturated carbocycles. The molecule has 0 aliphatic carbocycles. The van der Waals surface area contributed by atoms with Crippen LogP contribution in [0, 0.1) is 3.70 Å². The second-order valence-electron chi connectivity index (χ2n) is 4.75. The highest BCUT2D eigenvalue weighted by molar-refractivity contribution is 14.1. The first kappa shape index (κ1) is 14.8. The molecule has 0 aliphatic rings. The van der Waals surface area contributed by atoms with Gasteiger partial charge in [-0.05, 0) is 40.3 Å². The van der Waals surface area contributed by atoms with E-state index < -0.39 is 0 Å². The Kier molecular flexibility index (Phi) is 3.73. The van der Waals surface area contributed by atoms with Gasteiger partial charge in [0.25, 0.3) is 0 Å². The van der Waals surface area contributed by atoms with E-state index in [1.165, 1.54) is 13.4 Å². The van der Waals surface area contributed by atoms with Crippen molar-refractivity contribution in [1.82, 2.24) is 14.5 Å². The van der Waals surface area contributed by atoms with Crippen LogP contribution in [0.3, 0.4) is 0 Å². The lowest BCUT2D eigenvalue weighted by atomic mass is 10.0. The van der Waals surface area contributed by atoms with Crippen molar-refractivity contribution < 1.29 is 9.53 Å². The molecule has 0 bridgehead atoms. The summed E-state index contributed by atoms with van der Waals surface area (Å²) in [4.78, 5) is 19.9. The number of carbonyl (C=O) groups is 1. The summed E-state index contributed by atoms with van der Waals surface area (Å²) in [5.41, 5.74) is 9.23. The summed E-state index contributed by atoms with van der Waals surface area (Å²) in [6.45, 7) is 0. The smallest absolute Gasteiger partial charge is 0.337 e. The molecule has 0 aliphatic heterocycles. The Balaban J connectivity index is 2.22. The van der Waals surface area contributed by atoms with Crippen molar-refractivity contribution in [2.75, 3.05) is 12.8 Å². The highest BCUT2D eigenvalue weighted by atomic mass is 127. The SMILES string of the molecule is COC(=O)c1ccc(-c2c(I)n(C)c3ncnc(N)c23)cc1. The van der Waals surface area contributed by atoms with Gasteiger partial charge in [0, 0.05) is 12.6 Å². The summed E-state index contributed by atoms with van der Waals surface area (Å²) in [6.07, 6.45) is 1.46. The third kappa shape index (κ3) is 2.21. The lowest BCUT2D eigenvalue weighted by Crippen LogP contribution is -2.00. The number of aryl methyl sites for hydroxylation is 1. The molecule has 2 heterocycles. The van der Waals surface area contributed by atoms with Gasteiger partial charge in [0.15, 0.2) is 0 Å². The van der Waals surface area contributed by atoms with Crippen LogP contribution < -0.4 is 5.73 Å². The van der Waals surface area contributed by atoms with Crippen LogP contribution in [-0.4, -0.2) is 27.6 Å². The molecule has 112 valence electrons. The van der Waals surface area contributed by atoms with Gasteiger partial charge >= 0.3 is 5.97 Å². The predicted octanol–water partition coefficient (Wildman–Crippen LogP) is 2.61. The standard InChI is InChI=1S/C15H13IN4O2/c1-20-12(16)10(11-13(17)18-7-19-14(11)20)8-3-5-9(6-4-8)15(21)22-2/h3-7H,1-2H3,(H2,17,18,19). The fourth-order valence-electron chi connectivity index (χ4n) is 2.40. The number of carbonyl (C=O) groups excluding carboxylic acids is 1. The molecule has 0 unspecified atom stereocenters. The van der Waals surface area contributed by atoms with E-state index in [2.05, 4.69) is 32.6 Å². The van der Waals surface area contributed by atoms with Gasteiger partial charge in [0.05, 0.1) is 21.8 Å². The Labute approximate surface area is 140 Å². The molecule has 0 saturated heterocycles. The number of nitrogens with zero attached hydrogens (tertiary/aromatic N) is 3. The number of halogens is 1. The van der Waals surface area contributed by atoms with E-state index in [0.717, 1.165) is 25.9 Å². The Hall–Kier alpha value is -2.16. The largest absolute Gasteiger partial charge is 0.465 e. The van der Waals surface area contributed by atoms with Gasteiger partial charge in [-0.3, -0.25) is 0 Å². The zero-order valence-electron chi connectivity index (χ0n) is 12.0. The molecule has 2 N–H and O–H groups in total. The number of methoxy groups -OCH3 is 1. The average molecular weight is 408 g/mol. The highest BCUT2D eigenvalue weighted by Gasteiger charge is 2.19. The average Bonchev–Trinajstić information content (AvgIpc) is 2.80. The number of hydrogen-bond donors (Lipinski definition) is 1. The van der Waals surface area contributed by atoms with Gasteiger partial charge in [0.2, 0.25) is 0 Å². The van der Waals surface area contributed by atoms with Gasteiger partial charge in [-0.15, -0.1) is 0 Å². The summed E-state index contributed by atoms with van der Waals surface area (Å²) in [5.74, 6) is 0.0811. The van der Waals surface area contributed by atoms with Gasteiger partial charge in [-0.1, -0.05) is 12.1 Å². The second kappa shape index (κ2) is 5.56. The molecule has 3 rings (SSSR count). The van der Waals surface area contributed by atoms with Gasteiger partial charge in [-0.25, -0.2) is 14.8 Å². The second-order valence-corrected chi connectivity index (χ2v) is 5.77. The van der Waals surface area contributed by atoms with Gasteiger partial charge in [0.1, 0.15) is 17.8 Å². The first-order valence-corrected chi connectivity index (χ1v) is 7.55. The van der Waals surface area contributed by atoms with Crippen LogP contribution in [0.2, 0.25) is 0 Å². The number of nitrogens with two attached hydrogens (primary N) is 1. The van der Waals surface area contributed by atoms with Crippen molar-refractivity contribution in [3.8, 4) is 11.1 Å². The van der Waals surface area contributed by atoms with Crippen LogP contribution in [0.15, 0.2) is 30.6 Å². The van der Waals surface area contributed by atoms with E-state index in [9.17, 15) is 4.79 Å². The molecule has 0 radical (unpaired) electrons. The van der Waals surface area contributed by atoms with Crippen molar-refractivity contribution in [1.29, 1.82) is 0 Å². The van der Waals surface area contributed by atoms with Crippen LogP contribution in [0.4, 0.5) is 5.82 Å². The predicted molar refractivity (Wildman–Crippen MR) is 92.4 cm³/mol. The number of anilines is 1. The van der Waals surface area contributed by atoms with Crippen molar-refractivity contribution in [2.24, 2.45) is 7.05 Å². The van der Waals surface area contributed by atoms with E-state index in [1.807, 2.05) is 23.7 Å². The number of ether oxygens (including phenoxy) is 1. The van der Waals surface area contributed by atoms with Crippen LogP contribution in [-0.2, 0) is 11.8 Å². The Morgan fingerprint density at radius 1 is 1.27 bits per heavy atom. The maximum atomic E-state index is 11.5. The van der Waals surface area contributed by atoms with Crippen molar-refractivity contribution in [3.05, 3.63) is 39.9 Å². The van der Waals surface area contributed by atoms with Crippen molar-refractivity contribution in [2.45, 2.75) is 0 Å². The number of hydrogen-bond acceptors (Lipinski definition) is 5. The molecule has 22 heavy (non-hydrogen) atoms. The summed E-state index contributed by atoms with van der Waals surface area (Å²) in [7, 11) is 3.30. The zero-order chi connectivity index (χ0) is 15.9. The normalized spacial score (nSPS) is 10.9. The first-order chi connectivity index (χ1) is 10.5. The number of esters is 1. The summed E-state index contributed by atoms with van der Waals surface area (Å²) >= 11 is 2.26. The van der Waals surface area contributed by atoms with Gasteiger partial charge in [-0.2, -0.15) is 0 Å². The molecule has 0 spiro atoms. The molecular weight excluding hydrogens is 395 g/mol. The van der Waals surface area contributed by atoms with E-state index in [-0.39, 0.29) is 5.97 Å². The van der Waals surface area contributed by atoms with Crippen molar-refractivity contribution >= 4 is 45.4 Å². The number of fused-ring (bicyclic) bond motifs is 1. The summed E-state index contributed by atoms with van der Waals surface area (Å²) < 4.78 is 7.69. The molecule has 3 aromatic rings. The van der Waals surface area contributed by atoms with E-state index >= 15 is 0 Å². The maximum Gasteiger partial charge on any atom is 0.337 e. The Bertz CT molecular complexity index is 871. The van der Waals surface area contributed by atoms with Crippen LogP contribution in [0.1, 0.15) is 10.4 Å². The van der Waals surface area contributed by atoms with E-state index in [4.69, 9.17) is 10.5 Å². The Morgan fingerprint density at radius 3 is 2.59 bits per heavy atom. The lowest BCUT2D eigenvalue weighted by molar-refractivity contribution is 0.0601. The summed E-state index contributed by atoms with van der Waals surface area (Å²) in [5, 5.41) is 0.820. The fourth-order valence-corrected chi connectivity index (χ4v) is 3.21. The van der Waals surface area contributed by atoms with E-state index in [1.54, 1.807) is 12.1 Å². The molecule has 0 atom stereocenters. The highest BCUT2D eigenvalue weighted by Crippen LogP contribution is 2.36. The number of benzene rings is 1. The zero-order valence-corrected chi connectivity index (χ0v) is 14.2. The molecule has 0 amide bonds. The molecule has 7 heteroatoms. The summed E-state index contributed by atoms with van der Waals surface area (Å²) in [6, 6.07) is 7.21. The molecule has 0 fully saturated rings. The minimum Gasteiger partial charge on any atom is -0.465 e. The van der Waals surface area contributed by atoms with Gasteiger partial charge < -0.3 is 15.0 Å². The van der Waals surface area contributed by atoms with E-state index in [0.29, 0.717) is 11.4 Å². The Morgan fingerprint density at radius 2 is 1.95 bits per heavy atom. The quantitative estimate of drug-likeness (QED) is 0.521. The fraction of sp³-hybridized carbons (Fsp3) is 0.133. The molecule has 1 aromatic carbocycles. The first-order valence-electron chi connectivity index (χ1n) is 6.47. The number of rotatable bonds is 2.